The highest BCUT2D eigenvalue weighted by molar-refractivity contribution is 7.13. The Morgan fingerprint density at radius 1 is 1.20 bits per heavy atom. The monoisotopic (exact) mass is 356 g/mol. The van der Waals surface area contributed by atoms with Gasteiger partial charge in [0.1, 0.15) is 17.4 Å². The highest BCUT2D eigenvalue weighted by Crippen LogP contribution is 2.30. The van der Waals surface area contributed by atoms with Crippen LogP contribution in [-0.2, 0) is 6.61 Å². The summed E-state index contributed by atoms with van der Waals surface area (Å²) in [5.41, 5.74) is 2.57. The van der Waals surface area contributed by atoms with Crippen molar-refractivity contribution in [2.45, 2.75) is 13.5 Å². The van der Waals surface area contributed by atoms with Gasteiger partial charge in [0, 0.05) is 17.0 Å². The van der Waals surface area contributed by atoms with Gasteiger partial charge < -0.3 is 9.47 Å². The highest BCUT2D eigenvalue weighted by Gasteiger charge is 2.15. The molecular weight excluding hydrogens is 340 g/mol. The molecule has 0 saturated heterocycles. The van der Waals surface area contributed by atoms with E-state index in [9.17, 15) is 10.1 Å². The summed E-state index contributed by atoms with van der Waals surface area (Å²) in [6.45, 7) is 2.04. The summed E-state index contributed by atoms with van der Waals surface area (Å²) >= 11 is 1.50. The highest BCUT2D eigenvalue weighted by atomic mass is 32.1. The van der Waals surface area contributed by atoms with Crippen LogP contribution in [0.1, 0.15) is 11.3 Å². The summed E-state index contributed by atoms with van der Waals surface area (Å²) in [7, 11) is 1.62. The van der Waals surface area contributed by atoms with Crippen LogP contribution < -0.4 is 9.47 Å². The smallest absolute Gasteiger partial charge is 0.310 e. The minimum Gasteiger partial charge on any atom is -0.497 e. The second-order valence-corrected chi connectivity index (χ2v) is 6.25. The van der Waals surface area contributed by atoms with Crippen molar-refractivity contribution in [1.82, 2.24) is 4.98 Å². The summed E-state index contributed by atoms with van der Waals surface area (Å²) < 4.78 is 10.8. The largest absolute Gasteiger partial charge is 0.497 e. The maximum atomic E-state index is 11.1. The van der Waals surface area contributed by atoms with Crippen LogP contribution in [0.25, 0.3) is 10.6 Å². The lowest BCUT2D eigenvalue weighted by atomic mass is 10.2. The molecule has 0 saturated carbocycles. The molecule has 0 amide bonds. The lowest BCUT2D eigenvalue weighted by Gasteiger charge is -2.06. The fourth-order valence-corrected chi connectivity index (χ4v) is 3.09. The number of rotatable bonds is 6. The molecular formula is C18H16N2O4S. The average molecular weight is 356 g/mol. The molecule has 0 N–H and O–H groups in total. The first-order valence-corrected chi connectivity index (χ1v) is 8.41. The zero-order valence-electron chi connectivity index (χ0n) is 13.8. The van der Waals surface area contributed by atoms with Gasteiger partial charge >= 0.3 is 5.69 Å². The normalized spacial score (nSPS) is 10.5. The van der Waals surface area contributed by atoms with Gasteiger partial charge in [0.15, 0.2) is 5.75 Å². The van der Waals surface area contributed by atoms with E-state index in [0.717, 1.165) is 27.6 Å². The lowest BCUT2D eigenvalue weighted by Crippen LogP contribution is -2.00. The maximum Gasteiger partial charge on any atom is 0.310 e. The van der Waals surface area contributed by atoms with E-state index in [4.69, 9.17) is 9.47 Å². The number of thiazole rings is 1. The van der Waals surface area contributed by atoms with Gasteiger partial charge in [-0.1, -0.05) is 6.07 Å². The van der Waals surface area contributed by atoms with E-state index < -0.39 is 4.92 Å². The van der Waals surface area contributed by atoms with Crippen molar-refractivity contribution < 1.29 is 14.4 Å². The number of nitro benzene ring substituents is 1. The van der Waals surface area contributed by atoms with Crippen LogP contribution in [0, 0.1) is 17.0 Å². The van der Waals surface area contributed by atoms with E-state index in [-0.39, 0.29) is 18.0 Å². The van der Waals surface area contributed by atoms with E-state index in [2.05, 4.69) is 4.98 Å². The van der Waals surface area contributed by atoms with Crippen LogP contribution in [0.4, 0.5) is 5.69 Å². The first kappa shape index (κ1) is 16.9. The zero-order valence-corrected chi connectivity index (χ0v) is 14.6. The number of nitrogens with zero attached hydrogens (tertiary/aromatic N) is 2. The van der Waals surface area contributed by atoms with E-state index in [1.807, 2.05) is 36.6 Å². The number of ether oxygens (including phenoxy) is 2. The van der Waals surface area contributed by atoms with Crippen LogP contribution in [0.15, 0.2) is 47.8 Å². The zero-order chi connectivity index (χ0) is 17.8. The van der Waals surface area contributed by atoms with E-state index in [0.29, 0.717) is 0 Å². The van der Waals surface area contributed by atoms with Gasteiger partial charge in [-0.05, 0) is 42.8 Å². The van der Waals surface area contributed by atoms with Crippen LogP contribution in [-0.4, -0.2) is 17.0 Å². The molecule has 0 aliphatic heterocycles. The number of benzene rings is 2. The molecule has 0 spiro atoms. The third-order valence-corrected chi connectivity index (χ3v) is 4.52. The van der Waals surface area contributed by atoms with Gasteiger partial charge in [-0.3, -0.25) is 10.1 Å². The molecule has 0 radical (unpaired) electrons. The lowest BCUT2D eigenvalue weighted by molar-refractivity contribution is -0.386. The summed E-state index contributed by atoms with van der Waals surface area (Å²) in [6, 6.07) is 12.4. The van der Waals surface area contributed by atoms with Crippen molar-refractivity contribution in [2.24, 2.45) is 0 Å². The fraction of sp³-hybridized carbons (Fsp3) is 0.167. The summed E-state index contributed by atoms with van der Waals surface area (Å²) in [5, 5.41) is 13.8. The second kappa shape index (κ2) is 7.31. The predicted molar refractivity (Wildman–Crippen MR) is 96.3 cm³/mol. The van der Waals surface area contributed by atoms with Crippen molar-refractivity contribution in [2.75, 3.05) is 7.11 Å². The van der Waals surface area contributed by atoms with Gasteiger partial charge in [-0.25, -0.2) is 4.98 Å². The Labute approximate surface area is 148 Å². The first-order valence-electron chi connectivity index (χ1n) is 7.53. The minimum atomic E-state index is -0.446. The molecule has 0 aliphatic rings. The molecule has 0 unspecified atom stereocenters. The number of aryl methyl sites for hydroxylation is 1. The topological polar surface area (TPSA) is 74.5 Å². The SMILES string of the molecule is COc1ccc(-c2nc(COc3cc(C)ccc3[N+](=O)[O-])cs2)cc1. The molecule has 6 nitrogen and oxygen atoms in total. The molecule has 1 heterocycles. The van der Waals surface area contributed by atoms with Gasteiger partial charge in [0.25, 0.3) is 0 Å². The second-order valence-electron chi connectivity index (χ2n) is 5.39. The molecule has 25 heavy (non-hydrogen) atoms. The number of methoxy groups -OCH3 is 1. The Kier molecular flexibility index (Phi) is 4.95. The standard InChI is InChI=1S/C18H16N2O4S/c1-12-3-8-16(20(21)22)17(9-12)24-10-14-11-25-18(19-14)13-4-6-15(23-2)7-5-13/h3-9,11H,10H2,1-2H3. The van der Waals surface area contributed by atoms with Crippen molar-refractivity contribution in [3.05, 3.63) is 69.2 Å². The molecule has 2 aromatic carbocycles. The molecule has 3 rings (SSSR count). The van der Waals surface area contributed by atoms with E-state index in [1.165, 1.54) is 17.4 Å². The van der Waals surface area contributed by atoms with Crippen molar-refractivity contribution in [1.29, 1.82) is 0 Å². The number of nitro groups is 1. The van der Waals surface area contributed by atoms with Gasteiger partial charge in [0.05, 0.1) is 17.7 Å². The minimum absolute atomic E-state index is 0.0452. The quantitative estimate of drug-likeness (QED) is 0.476. The summed E-state index contributed by atoms with van der Waals surface area (Å²) in [5.74, 6) is 1.04. The van der Waals surface area contributed by atoms with Crippen molar-refractivity contribution >= 4 is 17.0 Å². The molecule has 0 aliphatic carbocycles. The molecule has 1 aromatic heterocycles. The molecule has 0 bridgehead atoms. The number of hydrogen-bond acceptors (Lipinski definition) is 6. The maximum absolute atomic E-state index is 11.1. The number of aromatic nitrogens is 1. The third-order valence-electron chi connectivity index (χ3n) is 3.58. The third kappa shape index (κ3) is 3.95. The number of hydrogen-bond donors (Lipinski definition) is 0. The van der Waals surface area contributed by atoms with Crippen LogP contribution in [0.3, 0.4) is 0 Å². The predicted octanol–water partition coefficient (Wildman–Crippen LogP) is 4.61. The Bertz CT molecular complexity index is 890. The molecule has 7 heteroatoms. The first-order chi connectivity index (χ1) is 12.1. The fourth-order valence-electron chi connectivity index (χ4n) is 2.28. The molecule has 128 valence electrons. The van der Waals surface area contributed by atoms with Crippen LogP contribution >= 0.6 is 11.3 Å². The molecule has 0 atom stereocenters. The van der Waals surface area contributed by atoms with Gasteiger partial charge in [0.2, 0.25) is 0 Å². The Morgan fingerprint density at radius 3 is 2.64 bits per heavy atom. The van der Waals surface area contributed by atoms with Gasteiger partial charge in [-0.2, -0.15) is 0 Å². The summed E-state index contributed by atoms with van der Waals surface area (Å²) in [6.07, 6.45) is 0. The Morgan fingerprint density at radius 2 is 1.96 bits per heavy atom. The molecule has 0 fully saturated rings. The summed E-state index contributed by atoms with van der Waals surface area (Å²) in [4.78, 5) is 15.2. The van der Waals surface area contributed by atoms with Crippen LogP contribution in [0.2, 0.25) is 0 Å². The van der Waals surface area contributed by atoms with Gasteiger partial charge in [-0.15, -0.1) is 11.3 Å². The van der Waals surface area contributed by atoms with Crippen molar-refractivity contribution in [3.63, 3.8) is 0 Å². The Hall–Kier alpha value is -2.93. The average Bonchev–Trinajstić information content (AvgIpc) is 3.09. The Balaban J connectivity index is 1.74. The van der Waals surface area contributed by atoms with Crippen LogP contribution in [0.5, 0.6) is 11.5 Å². The molecule has 3 aromatic rings. The van der Waals surface area contributed by atoms with E-state index >= 15 is 0 Å². The van der Waals surface area contributed by atoms with Crippen molar-refractivity contribution in [3.8, 4) is 22.1 Å². The van der Waals surface area contributed by atoms with E-state index in [1.54, 1.807) is 19.2 Å².